The van der Waals surface area contributed by atoms with E-state index in [0.29, 0.717) is 5.54 Å². The first-order chi connectivity index (χ1) is 6.23. The number of hydrogen-bond acceptors (Lipinski definition) is 3. The molecule has 13 heavy (non-hydrogen) atoms. The largest absolute Gasteiger partial charge is 0.314 e. The Morgan fingerprint density at radius 3 is 2.38 bits per heavy atom. The van der Waals surface area contributed by atoms with Crippen molar-refractivity contribution in [1.82, 2.24) is 15.5 Å². The quantitative estimate of drug-likeness (QED) is 0.644. The van der Waals surface area contributed by atoms with Crippen LogP contribution in [0, 0.1) is 0 Å². The maximum Gasteiger partial charge on any atom is 0.0328 e. The molecule has 0 bridgehead atoms. The zero-order valence-electron chi connectivity index (χ0n) is 8.77. The second kappa shape index (κ2) is 3.56. The number of hydrogen-bond donors (Lipinski definition) is 2. The van der Waals surface area contributed by atoms with Crippen LogP contribution < -0.4 is 10.6 Å². The molecule has 0 spiro atoms. The van der Waals surface area contributed by atoms with E-state index in [0.717, 1.165) is 19.1 Å². The van der Waals surface area contributed by atoms with Crippen molar-refractivity contribution in [3.63, 3.8) is 0 Å². The Bertz CT molecular complexity index is 171. The molecule has 3 nitrogen and oxygen atoms in total. The summed E-state index contributed by atoms with van der Waals surface area (Å²) >= 11 is 0. The van der Waals surface area contributed by atoms with Gasteiger partial charge in [0.2, 0.25) is 0 Å². The predicted octanol–water partition coefficient (Wildman–Crippen LogP) is 0.0321. The van der Waals surface area contributed by atoms with Gasteiger partial charge in [0.25, 0.3) is 0 Å². The summed E-state index contributed by atoms with van der Waals surface area (Å²) in [5.41, 5.74) is 0.482. The van der Waals surface area contributed by atoms with Crippen molar-refractivity contribution in [1.29, 1.82) is 0 Å². The summed E-state index contributed by atoms with van der Waals surface area (Å²) < 4.78 is 0. The molecule has 76 valence electrons. The lowest BCUT2D eigenvalue weighted by atomic mass is 9.75. The maximum atomic E-state index is 3.64. The lowest BCUT2D eigenvalue weighted by Gasteiger charge is -2.48. The van der Waals surface area contributed by atoms with Gasteiger partial charge in [-0.05, 0) is 33.4 Å². The van der Waals surface area contributed by atoms with Gasteiger partial charge in [-0.2, -0.15) is 0 Å². The zero-order chi connectivity index (χ0) is 9.31. The van der Waals surface area contributed by atoms with Crippen molar-refractivity contribution < 1.29 is 0 Å². The fraction of sp³-hybridized carbons (Fsp3) is 1.00. The van der Waals surface area contributed by atoms with E-state index in [4.69, 9.17) is 0 Å². The second-order valence-electron chi connectivity index (χ2n) is 4.71. The monoisotopic (exact) mass is 183 g/mol. The summed E-state index contributed by atoms with van der Waals surface area (Å²) in [5, 5.41) is 6.93. The van der Waals surface area contributed by atoms with Crippen molar-refractivity contribution in [2.75, 3.05) is 33.7 Å². The minimum absolute atomic E-state index is 0.482. The van der Waals surface area contributed by atoms with Gasteiger partial charge in [-0.1, -0.05) is 0 Å². The summed E-state index contributed by atoms with van der Waals surface area (Å²) in [5.74, 6) is 0. The van der Waals surface area contributed by atoms with E-state index in [9.17, 15) is 0 Å². The topological polar surface area (TPSA) is 27.3 Å². The van der Waals surface area contributed by atoms with E-state index in [2.05, 4.69) is 29.6 Å². The lowest BCUT2D eigenvalue weighted by molar-refractivity contribution is 0.0549. The number of nitrogens with zero attached hydrogens (tertiary/aromatic N) is 1. The van der Waals surface area contributed by atoms with E-state index < -0.39 is 0 Å². The SMILES string of the molecule is CN(C)C1(CNC2CNC2)CCC1. The molecular weight excluding hydrogens is 162 g/mol. The second-order valence-corrected chi connectivity index (χ2v) is 4.71. The molecule has 2 N–H and O–H groups in total. The summed E-state index contributed by atoms with van der Waals surface area (Å²) in [6, 6.07) is 0.734. The smallest absolute Gasteiger partial charge is 0.0328 e. The Labute approximate surface area is 80.9 Å². The van der Waals surface area contributed by atoms with Crippen LogP contribution in [-0.2, 0) is 0 Å². The van der Waals surface area contributed by atoms with Crippen LogP contribution >= 0.6 is 0 Å². The first kappa shape index (κ1) is 9.44. The number of nitrogens with one attached hydrogen (secondary N) is 2. The molecule has 1 aliphatic heterocycles. The van der Waals surface area contributed by atoms with Crippen LogP contribution in [0.25, 0.3) is 0 Å². The van der Waals surface area contributed by atoms with Crippen molar-refractivity contribution in [2.45, 2.75) is 30.8 Å². The molecule has 0 unspecified atom stereocenters. The Balaban J connectivity index is 1.76. The summed E-state index contributed by atoms with van der Waals surface area (Å²) in [6.07, 6.45) is 4.14. The third-order valence-electron chi connectivity index (χ3n) is 3.73. The molecule has 2 aliphatic rings. The van der Waals surface area contributed by atoms with Gasteiger partial charge in [0, 0.05) is 31.2 Å². The maximum absolute atomic E-state index is 3.64. The standard InChI is InChI=1S/C10H21N3/c1-13(2)10(4-3-5-10)8-12-9-6-11-7-9/h9,11-12H,3-8H2,1-2H3. The number of rotatable bonds is 4. The van der Waals surface area contributed by atoms with Gasteiger partial charge in [0.05, 0.1) is 0 Å². The Hall–Kier alpha value is -0.120. The molecule has 1 saturated heterocycles. The molecule has 2 fully saturated rings. The van der Waals surface area contributed by atoms with Gasteiger partial charge in [-0.3, -0.25) is 0 Å². The average Bonchev–Trinajstić information content (AvgIpc) is 1.89. The van der Waals surface area contributed by atoms with Gasteiger partial charge >= 0.3 is 0 Å². The fourth-order valence-electron chi connectivity index (χ4n) is 2.13. The van der Waals surface area contributed by atoms with Crippen LogP contribution in [0.2, 0.25) is 0 Å². The van der Waals surface area contributed by atoms with E-state index in [-0.39, 0.29) is 0 Å². The molecule has 0 aromatic heterocycles. The third kappa shape index (κ3) is 1.73. The van der Waals surface area contributed by atoms with E-state index in [1.54, 1.807) is 0 Å². The van der Waals surface area contributed by atoms with E-state index >= 15 is 0 Å². The van der Waals surface area contributed by atoms with Gasteiger partial charge in [-0.25, -0.2) is 0 Å². The van der Waals surface area contributed by atoms with Gasteiger partial charge in [0.1, 0.15) is 0 Å². The molecule has 3 heteroatoms. The summed E-state index contributed by atoms with van der Waals surface area (Å²) in [6.45, 7) is 3.49. The predicted molar refractivity (Wildman–Crippen MR) is 54.9 cm³/mol. The molecule has 1 heterocycles. The highest BCUT2D eigenvalue weighted by Crippen LogP contribution is 2.35. The minimum Gasteiger partial charge on any atom is -0.314 e. The van der Waals surface area contributed by atoms with Crippen LogP contribution in [0.5, 0.6) is 0 Å². The number of likely N-dealkylation sites (N-methyl/N-ethyl adjacent to an activating group) is 1. The molecule has 1 saturated carbocycles. The molecule has 0 radical (unpaired) electrons. The zero-order valence-corrected chi connectivity index (χ0v) is 8.77. The molecule has 0 aromatic carbocycles. The minimum atomic E-state index is 0.482. The summed E-state index contributed by atoms with van der Waals surface area (Å²) in [7, 11) is 4.42. The average molecular weight is 183 g/mol. The van der Waals surface area contributed by atoms with Gasteiger partial charge in [-0.15, -0.1) is 0 Å². The molecule has 0 atom stereocenters. The Morgan fingerprint density at radius 2 is 2.08 bits per heavy atom. The van der Waals surface area contributed by atoms with Crippen molar-refractivity contribution in [3.8, 4) is 0 Å². The van der Waals surface area contributed by atoms with Crippen LogP contribution in [-0.4, -0.2) is 50.2 Å². The van der Waals surface area contributed by atoms with Crippen molar-refractivity contribution >= 4 is 0 Å². The molecule has 0 aromatic rings. The van der Waals surface area contributed by atoms with E-state index in [1.807, 2.05) is 0 Å². The lowest BCUT2D eigenvalue weighted by Crippen LogP contribution is -2.63. The van der Waals surface area contributed by atoms with Gasteiger partial charge < -0.3 is 15.5 Å². The van der Waals surface area contributed by atoms with Crippen molar-refractivity contribution in [2.24, 2.45) is 0 Å². The van der Waals surface area contributed by atoms with Crippen molar-refractivity contribution in [3.05, 3.63) is 0 Å². The molecule has 1 aliphatic carbocycles. The first-order valence-electron chi connectivity index (χ1n) is 5.34. The van der Waals surface area contributed by atoms with Crippen LogP contribution in [0.4, 0.5) is 0 Å². The fourth-order valence-corrected chi connectivity index (χ4v) is 2.13. The normalized spacial score (nSPS) is 27.0. The van der Waals surface area contributed by atoms with Crippen LogP contribution in [0.1, 0.15) is 19.3 Å². The molecular formula is C10H21N3. The summed E-state index contributed by atoms with van der Waals surface area (Å²) in [4.78, 5) is 2.40. The molecule has 0 amide bonds. The highest BCUT2D eigenvalue weighted by Gasteiger charge is 2.39. The Morgan fingerprint density at radius 1 is 1.38 bits per heavy atom. The van der Waals surface area contributed by atoms with Crippen LogP contribution in [0.3, 0.4) is 0 Å². The first-order valence-corrected chi connectivity index (χ1v) is 5.34. The van der Waals surface area contributed by atoms with Gasteiger partial charge in [0.15, 0.2) is 0 Å². The highest BCUT2D eigenvalue weighted by atomic mass is 15.2. The Kier molecular flexibility index (Phi) is 2.58. The molecule has 2 rings (SSSR count). The highest BCUT2D eigenvalue weighted by molar-refractivity contribution is 4.99. The third-order valence-corrected chi connectivity index (χ3v) is 3.73. The van der Waals surface area contributed by atoms with E-state index in [1.165, 1.54) is 25.8 Å². The van der Waals surface area contributed by atoms with Crippen LogP contribution in [0.15, 0.2) is 0 Å².